The smallest absolute Gasteiger partial charge is 0.230 e. The first-order valence-corrected chi connectivity index (χ1v) is 6.53. The standard InChI is InChI=1S/C13H21NO3/c1-8(2)6-10-9(11-4-3-5-17-11)7-12(15)14-13(10)16/h8-11H,3-7H2,1-2H3,(H,14,15,16). The van der Waals surface area contributed by atoms with Crippen LogP contribution in [0.4, 0.5) is 0 Å². The van der Waals surface area contributed by atoms with Crippen LogP contribution in [0.2, 0.25) is 0 Å². The Kier molecular flexibility index (Phi) is 3.82. The number of imide groups is 1. The molecule has 4 heteroatoms. The number of ether oxygens (including phenoxy) is 1. The maximum absolute atomic E-state index is 11.9. The molecular weight excluding hydrogens is 218 g/mol. The molecule has 0 spiro atoms. The summed E-state index contributed by atoms with van der Waals surface area (Å²) in [6.07, 6.45) is 3.41. The molecule has 0 aromatic heterocycles. The van der Waals surface area contributed by atoms with Crippen molar-refractivity contribution in [2.45, 2.75) is 45.6 Å². The Morgan fingerprint density at radius 2 is 2.18 bits per heavy atom. The zero-order valence-electron chi connectivity index (χ0n) is 10.6. The first-order chi connectivity index (χ1) is 8.08. The van der Waals surface area contributed by atoms with Crippen molar-refractivity contribution in [3.05, 3.63) is 0 Å². The first kappa shape index (κ1) is 12.6. The highest BCUT2D eigenvalue weighted by Crippen LogP contribution is 2.34. The van der Waals surface area contributed by atoms with E-state index in [0.717, 1.165) is 25.9 Å². The maximum atomic E-state index is 11.9. The molecule has 0 radical (unpaired) electrons. The Bertz CT molecular complexity index is 308. The Hall–Kier alpha value is -0.900. The van der Waals surface area contributed by atoms with E-state index >= 15 is 0 Å². The predicted octanol–water partition coefficient (Wildman–Crippen LogP) is 1.49. The summed E-state index contributed by atoms with van der Waals surface area (Å²) in [6, 6.07) is 0. The monoisotopic (exact) mass is 239 g/mol. The summed E-state index contributed by atoms with van der Waals surface area (Å²) >= 11 is 0. The van der Waals surface area contributed by atoms with Gasteiger partial charge in [-0.25, -0.2) is 0 Å². The van der Waals surface area contributed by atoms with Gasteiger partial charge in [0.2, 0.25) is 11.8 Å². The van der Waals surface area contributed by atoms with Gasteiger partial charge in [0.1, 0.15) is 0 Å². The summed E-state index contributed by atoms with van der Waals surface area (Å²) in [5.74, 6) is 0.241. The molecule has 3 atom stereocenters. The summed E-state index contributed by atoms with van der Waals surface area (Å²) in [6.45, 7) is 4.98. The van der Waals surface area contributed by atoms with Crippen LogP contribution < -0.4 is 5.32 Å². The van der Waals surface area contributed by atoms with Crippen LogP contribution in [-0.2, 0) is 14.3 Å². The second-order valence-electron chi connectivity index (χ2n) is 5.57. The molecule has 0 aliphatic carbocycles. The number of rotatable bonds is 3. The molecule has 2 amide bonds. The lowest BCUT2D eigenvalue weighted by Crippen LogP contribution is -2.49. The summed E-state index contributed by atoms with van der Waals surface area (Å²) in [7, 11) is 0. The van der Waals surface area contributed by atoms with Crippen molar-refractivity contribution >= 4 is 11.8 Å². The molecule has 2 aliphatic rings. The second kappa shape index (κ2) is 5.17. The van der Waals surface area contributed by atoms with Gasteiger partial charge in [-0.15, -0.1) is 0 Å². The zero-order chi connectivity index (χ0) is 12.4. The molecule has 17 heavy (non-hydrogen) atoms. The zero-order valence-corrected chi connectivity index (χ0v) is 10.6. The lowest BCUT2D eigenvalue weighted by molar-refractivity contribution is -0.142. The van der Waals surface area contributed by atoms with Crippen LogP contribution in [0.15, 0.2) is 0 Å². The molecular formula is C13H21NO3. The van der Waals surface area contributed by atoms with Gasteiger partial charge in [0.25, 0.3) is 0 Å². The molecule has 0 bridgehead atoms. The number of piperidine rings is 1. The van der Waals surface area contributed by atoms with Crippen molar-refractivity contribution in [3.8, 4) is 0 Å². The van der Waals surface area contributed by atoms with E-state index in [4.69, 9.17) is 4.74 Å². The van der Waals surface area contributed by atoms with Gasteiger partial charge in [-0.2, -0.15) is 0 Å². The fraction of sp³-hybridized carbons (Fsp3) is 0.846. The third-order valence-electron chi connectivity index (χ3n) is 3.71. The molecule has 1 N–H and O–H groups in total. The quantitative estimate of drug-likeness (QED) is 0.759. The van der Waals surface area contributed by atoms with Gasteiger partial charge in [0.15, 0.2) is 0 Å². The number of amides is 2. The SMILES string of the molecule is CC(C)CC1C(=O)NC(=O)CC1C1CCCO1. The topological polar surface area (TPSA) is 55.4 Å². The highest BCUT2D eigenvalue weighted by Gasteiger charge is 2.41. The number of carbonyl (C=O) groups is 2. The van der Waals surface area contributed by atoms with Crippen LogP contribution in [0.1, 0.15) is 39.5 Å². The van der Waals surface area contributed by atoms with Gasteiger partial charge < -0.3 is 4.74 Å². The Balaban J connectivity index is 2.11. The van der Waals surface area contributed by atoms with E-state index in [1.807, 2.05) is 0 Å². The van der Waals surface area contributed by atoms with Crippen molar-refractivity contribution in [3.63, 3.8) is 0 Å². The van der Waals surface area contributed by atoms with Gasteiger partial charge in [-0.3, -0.25) is 14.9 Å². The normalized spacial score (nSPS) is 34.2. The summed E-state index contributed by atoms with van der Waals surface area (Å²) in [4.78, 5) is 23.4. The highest BCUT2D eigenvalue weighted by molar-refractivity contribution is 5.99. The van der Waals surface area contributed by atoms with E-state index in [2.05, 4.69) is 19.2 Å². The largest absolute Gasteiger partial charge is 0.378 e. The molecule has 0 aromatic carbocycles. The fourth-order valence-corrected chi connectivity index (χ4v) is 2.95. The molecule has 3 unspecified atom stereocenters. The highest BCUT2D eigenvalue weighted by atomic mass is 16.5. The number of nitrogens with one attached hydrogen (secondary N) is 1. The molecule has 2 saturated heterocycles. The Morgan fingerprint density at radius 3 is 2.76 bits per heavy atom. The molecule has 2 rings (SSSR count). The molecule has 2 fully saturated rings. The van der Waals surface area contributed by atoms with Crippen molar-refractivity contribution in [1.29, 1.82) is 0 Å². The molecule has 96 valence electrons. The van der Waals surface area contributed by atoms with Gasteiger partial charge >= 0.3 is 0 Å². The van der Waals surface area contributed by atoms with E-state index in [1.165, 1.54) is 0 Å². The molecule has 2 heterocycles. The number of hydrogen-bond donors (Lipinski definition) is 1. The van der Waals surface area contributed by atoms with Gasteiger partial charge in [-0.05, 0) is 25.2 Å². The lowest BCUT2D eigenvalue weighted by Gasteiger charge is -2.34. The molecule has 0 aromatic rings. The van der Waals surface area contributed by atoms with Crippen molar-refractivity contribution in [2.75, 3.05) is 6.61 Å². The third kappa shape index (κ3) is 2.86. The van der Waals surface area contributed by atoms with Crippen LogP contribution in [0.5, 0.6) is 0 Å². The minimum atomic E-state index is -0.143. The van der Waals surface area contributed by atoms with Gasteiger partial charge in [0.05, 0.1) is 6.10 Å². The Labute approximate surface area is 102 Å². The van der Waals surface area contributed by atoms with Crippen molar-refractivity contribution in [2.24, 2.45) is 17.8 Å². The minimum absolute atomic E-state index is 0.0594. The summed E-state index contributed by atoms with van der Waals surface area (Å²) in [5.41, 5.74) is 0. The van der Waals surface area contributed by atoms with Crippen LogP contribution >= 0.6 is 0 Å². The van der Waals surface area contributed by atoms with E-state index in [0.29, 0.717) is 12.3 Å². The van der Waals surface area contributed by atoms with E-state index in [1.54, 1.807) is 0 Å². The van der Waals surface area contributed by atoms with Crippen molar-refractivity contribution < 1.29 is 14.3 Å². The van der Waals surface area contributed by atoms with E-state index in [9.17, 15) is 9.59 Å². The lowest BCUT2D eigenvalue weighted by atomic mass is 9.76. The fourth-order valence-electron chi connectivity index (χ4n) is 2.95. The van der Waals surface area contributed by atoms with Crippen LogP contribution in [0.3, 0.4) is 0 Å². The summed E-state index contributed by atoms with van der Waals surface area (Å²) < 4.78 is 5.67. The average molecular weight is 239 g/mol. The minimum Gasteiger partial charge on any atom is -0.378 e. The molecule has 2 aliphatic heterocycles. The van der Waals surface area contributed by atoms with Crippen molar-refractivity contribution in [1.82, 2.24) is 5.32 Å². The van der Waals surface area contributed by atoms with E-state index < -0.39 is 0 Å². The maximum Gasteiger partial charge on any atom is 0.230 e. The molecule has 4 nitrogen and oxygen atoms in total. The Morgan fingerprint density at radius 1 is 1.41 bits per heavy atom. The van der Waals surface area contributed by atoms with E-state index in [-0.39, 0.29) is 29.8 Å². The van der Waals surface area contributed by atoms with Gasteiger partial charge in [0, 0.05) is 24.9 Å². The second-order valence-corrected chi connectivity index (χ2v) is 5.57. The average Bonchev–Trinajstić information content (AvgIpc) is 2.74. The van der Waals surface area contributed by atoms with Crippen LogP contribution in [-0.4, -0.2) is 24.5 Å². The van der Waals surface area contributed by atoms with Crippen LogP contribution in [0.25, 0.3) is 0 Å². The van der Waals surface area contributed by atoms with Crippen LogP contribution in [0, 0.1) is 17.8 Å². The number of carbonyl (C=O) groups excluding carboxylic acids is 2. The third-order valence-corrected chi connectivity index (χ3v) is 3.71. The first-order valence-electron chi connectivity index (χ1n) is 6.53. The van der Waals surface area contributed by atoms with Gasteiger partial charge in [-0.1, -0.05) is 13.8 Å². The predicted molar refractivity (Wildman–Crippen MR) is 63.2 cm³/mol. The summed E-state index contributed by atoms with van der Waals surface area (Å²) in [5, 5.41) is 2.45. The molecule has 0 saturated carbocycles. The number of hydrogen-bond acceptors (Lipinski definition) is 3.